The molecule has 30 heavy (non-hydrogen) atoms. The number of aryl methyl sites for hydroxylation is 1. The van der Waals surface area contributed by atoms with Gasteiger partial charge in [-0.25, -0.2) is 0 Å². The molecule has 0 spiro atoms. The molecule has 0 amide bonds. The summed E-state index contributed by atoms with van der Waals surface area (Å²) < 4.78 is 33.6. The van der Waals surface area contributed by atoms with Crippen molar-refractivity contribution in [2.24, 2.45) is 0 Å². The molecule has 1 heterocycles. The molecule has 5 heteroatoms. The lowest BCUT2D eigenvalue weighted by Crippen LogP contribution is -2.26. The first-order valence-electron chi connectivity index (χ1n) is 10.5. The van der Waals surface area contributed by atoms with Gasteiger partial charge in [-0.15, -0.1) is 0 Å². The van der Waals surface area contributed by atoms with Crippen LogP contribution in [0.5, 0.6) is 0 Å². The van der Waals surface area contributed by atoms with Crippen molar-refractivity contribution in [2.45, 2.75) is 51.9 Å². The highest BCUT2D eigenvalue weighted by molar-refractivity contribution is 7.85. The van der Waals surface area contributed by atoms with Crippen LogP contribution < -0.4 is 0 Å². The molecular formula is C25H32NO3S+. The summed E-state index contributed by atoms with van der Waals surface area (Å²) >= 11 is 0. The lowest BCUT2D eigenvalue weighted by Gasteiger charge is -2.17. The maximum atomic E-state index is 11.1. The third-order valence-electron chi connectivity index (χ3n) is 6.34. The van der Waals surface area contributed by atoms with Crippen LogP contribution in [-0.2, 0) is 15.5 Å². The number of hydrogen-bond acceptors (Lipinski definition) is 2. The van der Waals surface area contributed by atoms with E-state index in [0.717, 1.165) is 23.1 Å². The molecule has 0 aliphatic carbocycles. The van der Waals surface area contributed by atoms with Crippen molar-refractivity contribution < 1.29 is 17.5 Å². The average Bonchev–Trinajstić information content (AvgIpc) is 2.87. The summed E-state index contributed by atoms with van der Waals surface area (Å²) in [6, 6.07) is 14.9. The fourth-order valence-electron chi connectivity index (χ4n) is 4.51. The molecule has 0 bridgehead atoms. The van der Waals surface area contributed by atoms with Crippen LogP contribution in [0.4, 0.5) is 5.69 Å². The van der Waals surface area contributed by atoms with Gasteiger partial charge in [0.15, 0.2) is 5.71 Å². The second-order valence-electron chi connectivity index (χ2n) is 8.72. The predicted molar refractivity (Wildman–Crippen MR) is 125 cm³/mol. The first-order valence-corrected chi connectivity index (χ1v) is 12.1. The van der Waals surface area contributed by atoms with Crippen LogP contribution in [0.25, 0.3) is 6.08 Å². The molecule has 0 aromatic heterocycles. The van der Waals surface area contributed by atoms with Gasteiger partial charge >= 0.3 is 0 Å². The van der Waals surface area contributed by atoms with E-state index in [1.807, 2.05) is 6.92 Å². The van der Waals surface area contributed by atoms with Gasteiger partial charge in [0.1, 0.15) is 7.05 Å². The van der Waals surface area contributed by atoms with Crippen molar-refractivity contribution in [1.29, 1.82) is 0 Å². The third kappa shape index (κ3) is 4.57. The van der Waals surface area contributed by atoms with Crippen molar-refractivity contribution in [1.82, 2.24) is 0 Å². The largest absolute Gasteiger partial charge is 0.286 e. The molecule has 0 saturated heterocycles. The first kappa shape index (κ1) is 22.4. The van der Waals surface area contributed by atoms with Crippen LogP contribution >= 0.6 is 0 Å². The van der Waals surface area contributed by atoms with Gasteiger partial charge < -0.3 is 0 Å². The smallest absolute Gasteiger partial charge is 0.264 e. The second kappa shape index (κ2) is 8.48. The highest BCUT2D eigenvalue weighted by Gasteiger charge is 2.42. The molecule has 4 nitrogen and oxygen atoms in total. The van der Waals surface area contributed by atoms with Crippen LogP contribution in [0.3, 0.4) is 0 Å². The van der Waals surface area contributed by atoms with Crippen molar-refractivity contribution >= 4 is 27.6 Å². The highest BCUT2D eigenvalue weighted by Crippen LogP contribution is 2.39. The Morgan fingerprint density at radius 2 is 1.83 bits per heavy atom. The van der Waals surface area contributed by atoms with Crippen molar-refractivity contribution in [3.63, 3.8) is 0 Å². The Bertz CT molecular complexity index is 1110. The first-order chi connectivity index (χ1) is 14.0. The number of para-hydroxylation sites is 1. The topological polar surface area (TPSA) is 57.4 Å². The van der Waals surface area contributed by atoms with Crippen molar-refractivity contribution in [2.75, 3.05) is 12.8 Å². The average molecular weight is 427 g/mol. The quantitative estimate of drug-likeness (QED) is 0.471. The second-order valence-corrected chi connectivity index (χ2v) is 10.3. The summed E-state index contributed by atoms with van der Waals surface area (Å²) in [5.41, 5.74) is 7.21. The number of hydrogen-bond donors (Lipinski definition) is 1. The monoisotopic (exact) mass is 426 g/mol. The minimum Gasteiger partial charge on any atom is -0.286 e. The zero-order valence-electron chi connectivity index (χ0n) is 18.5. The van der Waals surface area contributed by atoms with Gasteiger partial charge in [-0.05, 0) is 62.3 Å². The summed E-state index contributed by atoms with van der Waals surface area (Å²) in [6.07, 6.45) is 5.63. The summed E-state index contributed by atoms with van der Waals surface area (Å²) in [5, 5.41) is 0. The van der Waals surface area contributed by atoms with E-state index in [1.54, 1.807) is 0 Å². The summed E-state index contributed by atoms with van der Waals surface area (Å²) in [5.74, 6) is -0.0839. The number of nitrogens with zero attached hydrogens (tertiary/aromatic N) is 1. The Kier molecular flexibility index (Phi) is 6.34. The number of allylic oxidation sites excluding steroid dienone is 1. The molecule has 3 rings (SSSR count). The minimum absolute atomic E-state index is 0.0568. The molecular weight excluding hydrogens is 394 g/mol. The number of rotatable bonds is 7. The molecule has 1 unspecified atom stereocenters. The van der Waals surface area contributed by atoms with Crippen LogP contribution in [0.1, 0.15) is 61.8 Å². The van der Waals surface area contributed by atoms with E-state index in [4.69, 9.17) is 4.55 Å². The van der Waals surface area contributed by atoms with E-state index < -0.39 is 10.1 Å². The summed E-state index contributed by atoms with van der Waals surface area (Å²) in [4.78, 5) is 0. The predicted octanol–water partition coefficient (Wildman–Crippen LogP) is 5.49. The zero-order chi connectivity index (χ0) is 22.1. The lowest BCUT2D eigenvalue weighted by molar-refractivity contribution is -0.401. The Balaban J connectivity index is 1.85. The molecule has 0 fully saturated rings. The zero-order valence-corrected chi connectivity index (χ0v) is 19.3. The molecule has 1 aliphatic heterocycles. The third-order valence-corrected chi connectivity index (χ3v) is 7.10. The highest BCUT2D eigenvalue weighted by atomic mass is 32.2. The van der Waals surface area contributed by atoms with Gasteiger partial charge in [0.05, 0.1) is 11.2 Å². The molecule has 2 aromatic rings. The molecule has 2 aromatic carbocycles. The number of fused-ring (bicyclic) bond motifs is 1. The van der Waals surface area contributed by atoms with Crippen molar-refractivity contribution in [3.05, 3.63) is 70.8 Å². The molecule has 1 N–H and O–H groups in total. The van der Waals surface area contributed by atoms with E-state index >= 15 is 0 Å². The van der Waals surface area contributed by atoms with Gasteiger partial charge in [0, 0.05) is 17.7 Å². The lowest BCUT2D eigenvalue weighted by atomic mass is 9.81. The van der Waals surface area contributed by atoms with Crippen LogP contribution in [0, 0.1) is 6.92 Å². The molecule has 0 radical (unpaired) electrons. The minimum atomic E-state index is -3.93. The van der Waals surface area contributed by atoms with Gasteiger partial charge in [0.25, 0.3) is 10.1 Å². The number of benzene rings is 2. The van der Waals surface area contributed by atoms with E-state index in [2.05, 4.69) is 87.0 Å². The Hall–Kier alpha value is -2.24. The van der Waals surface area contributed by atoms with Gasteiger partial charge in [-0.2, -0.15) is 13.0 Å². The Morgan fingerprint density at radius 3 is 2.43 bits per heavy atom. The van der Waals surface area contributed by atoms with Gasteiger partial charge in [-0.3, -0.25) is 4.55 Å². The van der Waals surface area contributed by atoms with Crippen molar-refractivity contribution in [3.8, 4) is 0 Å². The van der Waals surface area contributed by atoms with E-state index in [9.17, 15) is 8.42 Å². The normalized spacial score (nSPS) is 16.9. The fraction of sp³-hybridized carbons (Fsp3) is 0.400. The summed E-state index contributed by atoms with van der Waals surface area (Å²) in [6.45, 7) is 8.64. The van der Waals surface area contributed by atoms with Crippen LogP contribution in [-0.4, -0.2) is 36.1 Å². The fourth-order valence-corrected chi connectivity index (χ4v) is 5.09. The molecule has 160 valence electrons. The van der Waals surface area contributed by atoms with Gasteiger partial charge in [-0.1, -0.05) is 43.3 Å². The van der Waals surface area contributed by atoms with Crippen LogP contribution in [0.15, 0.2) is 48.5 Å². The Labute approximate surface area is 180 Å². The standard InChI is InChI=1S/C25H31NO3S/c1-6-19(15-16-30(27,28)29)21-12-11-20(18(2)17-21)13-14-24-25(3,4)22-9-7-8-10-23(22)26(24)5/h7-14,17,19H,6,15-16H2,1-5H3/p+1. The maximum Gasteiger partial charge on any atom is 0.264 e. The maximum absolute atomic E-state index is 11.1. The summed E-state index contributed by atoms with van der Waals surface area (Å²) in [7, 11) is -1.82. The van der Waals surface area contributed by atoms with E-state index in [1.165, 1.54) is 17.0 Å². The van der Waals surface area contributed by atoms with E-state index in [-0.39, 0.29) is 17.1 Å². The molecule has 0 saturated carbocycles. The molecule has 1 atom stereocenters. The molecule has 1 aliphatic rings. The SMILES string of the molecule is CCC(CCS(=O)(=O)O)c1ccc(C=CC2=[N+](C)c3ccccc3C2(C)C)c(C)c1. The van der Waals surface area contributed by atoms with Gasteiger partial charge in [0.2, 0.25) is 5.69 Å². The Morgan fingerprint density at radius 1 is 1.13 bits per heavy atom. The van der Waals surface area contributed by atoms with Crippen LogP contribution in [0.2, 0.25) is 0 Å². The van der Waals surface area contributed by atoms with E-state index in [0.29, 0.717) is 6.42 Å².